The number of hydrogen-bond donors (Lipinski definition) is 1. The van der Waals surface area contributed by atoms with Gasteiger partial charge in [0.1, 0.15) is 0 Å². The van der Waals surface area contributed by atoms with Crippen LogP contribution in [0.25, 0.3) is 0 Å². The first-order chi connectivity index (χ1) is 6.70. The summed E-state index contributed by atoms with van der Waals surface area (Å²) in [6.07, 6.45) is 2.11. The van der Waals surface area contributed by atoms with Crippen LogP contribution in [0.2, 0.25) is 0 Å². The lowest BCUT2D eigenvalue weighted by Gasteiger charge is -2.12. The highest BCUT2D eigenvalue weighted by Gasteiger charge is 2.37. The molecular weight excluding hydrogens is 291 g/mol. The van der Waals surface area contributed by atoms with Crippen molar-refractivity contribution in [2.45, 2.75) is 18.8 Å². The Morgan fingerprint density at radius 1 is 1.43 bits per heavy atom. The molecule has 1 atom stereocenters. The molecule has 0 aliphatic heterocycles. The Labute approximate surface area is 96.5 Å². The van der Waals surface area contributed by atoms with Crippen molar-refractivity contribution in [3.8, 4) is 0 Å². The normalized spacial score (nSPS) is 17.8. The van der Waals surface area contributed by atoms with Crippen LogP contribution in [0.4, 0.5) is 0 Å². The molecule has 1 saturated carbocycles. The second-order valence-corrected chi connectivity index (χ2v) is 4.84. The minimum absolute atomic E-state index is 0.289. The van der Waals surface area contributed by atoms with Crippen LogP contribution in [-0.2, 0) is 4.79 Å². The molecule has 1 unspecified atom stereocenters. The summed E-state index contributed by atoms with van der Waals surface area (Å²) in [4.78, 5) is 11.1. The predicted octanol–water partition coefficient (Wildman–Crippen LogP) is 2.87. The summed E-state index contributed by atoms with van der Waals surface area (Å²) in [5.41, 5.74) is 0.975. The van der Waals surface area contributed by atoms with E-state index in [2.05, 4.69) is 22.6 Å². The van der Waals surface area contributed by atoms with Crippen molar-refractivity contribution in [1.29, 1.82) is 0 Å². The first-order valence-corrected chi connectivity index (χ1v) is 5.75. The average molecular weight is 302 g/mol. The number of carbonyl (C=O) groups is 1. The van der Waals surface area contributed by atoms with E-state index < -0.39 is 5.97 Å². The molecular formula is C11H11IO2. The summed E-state index contributed by atoms with van der Waals surface area (Å²) in [7, 11) is 0. The number of carboxylic acids is 1. The summed E-state index contributed by atoms with van der Waals surface area (Å²) < 4.78 is 1.06. The zero-order valence-electron chi connectivity index (χ0n) is 7.61. The van der Waals surface area contributed by atoms with Gasteiger partial charge in [-0.2, -0.15) is 0 Å². The van der Waals surface area contributed by atoms with Crippen molar-refractivity contribution in [3.63, 3.8) is 0 Å². The number of aliphatic carboxylic acids is 1. The van der Waals surface area contributed by atoms with Gasteiger partial charge in [-0.3, -0.25) is 4.79 Å². The molecule has 1 aliphatic carbocycles. The first kappa shape index (κ1) is 9.96. The van der Waals surface area contributed by atoms with Crippen molar-refractivity contribution in [2.24, 2.45) is 5.92 Å². The van der Waals surface area contributed by atoms with Crippen molar-refractivity contribution in [1.82, 2.24) is 0 Å². The van der Waals surface area contributed by atoms with E-state index in [9.17, 15) is 4.79 Å². The van der Waals surface area contributed by atoms with Crippen molar-refractivity contribution >= 4 is 28.6 Å². The molecule has 0 heterocycles. The molecule has 0 radical (unpaired) electrons. The highest BCUT2D eigenvalue weighted by Crippen LogP contribution is 2.43. The highest BCUT2D eigenvalue weighted by molar-refractivity contribution is 14.1. The Hall–Kier alpha value is -0.580. The van der Waals surface area contributed by atoms with Crippen LogP contribution in [0.5, 0.6) is 0 Å². The fourth-order valence-corrected chi connectivity index (χ4v) is 2.47. The van der Waals surface area contributed by atoms with Crippen LogP contribution in [0.1, 0.15) is 24.3 Å². The van der Waals surface area contributed by atoms with Crippen LogP contribution in [0, 0.1) is 9.49 Å². The molecule has 1 N–H and O–H groups in total. The standard InChI is InChI=1S/C11H11IO2/c12-9-4-2-1-3-8(9)10(11(13)14)7-5-6-7/h1-4,7,10H,5-6H2,(H,13,14). The first-order valence-electron chi connectivity index (χ1n) is 4.67. The number of carboxylic acid groups (broad SMARTS) is 1. The van der Waals surface area contributed by atoms with Crippen molar-refractivity contribution < 1.29 is 9.90 Å². The third-order valence-electron chi connectivity index (χ3n) is 2.60. The average Bonchev–Trinajstić information content (AvgIpc) is 2.92. The van der Waals surface area contributed by atoms with Crippen LogP contribution in [0.3, 0.4) is 0 Å². The van der Waals surface area contributed by atoms with Crippen LogP contribution in [0.15, 0.2) is 24.3 Å². The molecule has 2 rings (SSSR count). The fraction of sp³-hybridized carbons (Fsp3) is 0.364. The van der Waals surface area contributed by atoms with Gasteiger partial charge in [0.05, 0.1) is 5.92 Å². The summed E-state index contributed by atoms with van der Waals surface area (Å²) in [6.45, 7) is 0. The Morgan fingerprint density at radius 3 is 2.57 bits per heavy atom. The Kier molecular flexibility index (Phi) is 2.76. The molecule has 0 amide bonds. The molecule has 1 aromatic carbocycles. The summed E-state index contributed by atoms with van der Waals surface area (Å²) >= 11 is 2.21. The Bertz CT molecular complexity index is 358. The van der Waals surface area contributed by atoms with Crippen molar-refractivity contribution in [2.75, 3.05) is 0 Å². The lowest BCUT2D eigenvalue weighted by molar-refractivity contribution is -0.139. The topological polar surface area (TPSA) is 37.3 Å². The van der Waals surface area contributed by atoms with Gasteiger partial charge in [-0.1, -0.05) is 18.2 Å². The van der Waals surface area contributed by atoms with Gasteiger partial charge in [-0.15, -0.1) is 0 Å². The van der Waals surface area contributed by atoms with Crippen LogP contribution in [-0.4, -0.2) is 11.1 Å². The van der Waals surface area contributed by atoms with Gasteiger partial charge in [-0.05, 0) is 53.0 Å². The van der Waals surface area contributed by atoms with E-state index in [1.807, 2.05) is 24.3 Å². The van der Waals surface area contributed by atoms with E-state index in [1.165, 1.54) is 0 Å². The smallest absolute Gasteiger partial charge is 0.311 e. The minimum Gasteiger partial charge on any atom is -0.481 e. The largest absolute Gasteiger partial charge is 0.481 e. The summed E-state index contributed by atoms with van der Waals surface area (Å²) in [5, 5.41) is 9.16. The van der Waals surface area contributed by atoms with Gasteiger partial charge in [-0.25, -0.2) is 0 Å². The zero-order valence-corrected chi connectivity index (χ0v) is 9.77. The highest BCUT2D eigenvalue weighted by atomic mass is 127. The quantitative estimate of drug-likeness (QED) is 0.872. The molecule has 3 heteroatoms. The zero-order chi connectivity index (χ0) is 10.1. The number of benzene rings is 1. The van der Waals surface area contributed by atoms with Gasteiger partial charge in [0.25, 0.3) is 0 Å². The predicted molar refractivity (Wildman–Crippen MR) is 62.3 cm³/mol. The van der Waals surface area contributed by atoms with Gasteiger partial charge >= 0.3 is 5.97 Å². The fourth-order valence-electron chi connectivity index (χ4n) is 1.75. The maximum Gasteiger partial charge on any atom is 0.311 e. The molecule has 0 spiro atoms. The van der Waals surface area contributed by atoms with Gasteiger partial charge in [0.15, 0.2) is 0 Å². The molecule has 0 saturated heterocycles. The van der Waals surface area contributed by atoms with Gasteiger partial charge in [0.2, 0.25) is 0 Å². The molecule has 1 aliphatic rings. The van der Waals surface area contributed by atoms with E-state index in [0.717, 1.165) is 22.0 Å². The number of halogens is 1. The second-order valence-electron chi connectivity index (χ2n) is 3.67. The third kappa shape index (κ3) is 1.92. The van der Waals surface area contributed by atoms with E-state index >= 15 is 0 Å². The Morgan fingerprint density at radius 2 is 2.07 bits per heavy atom. The van der Waals surface area contributed by atoms with Crippen molar-refractivity contribution in [3.05, 3.63) is 33.4 Å². The summed E-state index contributed by atoms with van der Waals surface area (Å²) in [5.74, 6) is -0.608. The van der Waals surface area contributed by atoms with E-state index in [0.29, 0.717) is 5.92 Å². The molecule has 1 fully saturated rings. The SMILES string of the molecule is O=C(O)C(c1ccccc1I)C1CC1. The van der Waals surface area contributed by atoms with Crippen LogP contribution < -0.4 is 0 Å². The number of rotatable bonds is 3. The van der Waals surface area contributed by atoms with Gasteiger partial charge < -0.3 is 5.11 Å². The molecule has 2 nitrogen and oxygen atoms in total. The van der Waals surface area contributed by atoms with E-state index in [4.69, 9.17) is 5.11 Å². The lowest BCUT2D eigenvalue weighted by Crippen LogP contribution is -2.14. The molecule has 14 heavy (non-hydrogen) atoms. The second kappa shape index (κ2) is 3.88. The monoisotopic (exact) mass is 302 g/mol. The minimum atomic E-state index is -0.684. The maximum absolute atomic E-state index is 11.1. The van der Waals surface area contributed by atoms with E-state index in [-0.39, 0.29) is 5.92 Å². The maximum atomic E-state index is 11.1. The van der Waals surface area contributed by atoms with Gasteiger partial charge in [0, 0.05) is 3.57 Å². The van der Waals surface area contributed by atoms with E-state index in [1.54, 1.807) is 0 Å². The Balaban J connectivity index is 2.35. The third-order valence-corrected chi connectivity index (χ3v) is 3.58. The number of hydrogen-bond acceptors (Lipinski definition) is 1. The molecule has 0 aromatic heterocycles. The summed E-state index contributed by atoms with van der Waals surface area (Å²) in [6, 6.07) is 7.75. The van der Waals surface area contributed by atoms with Crippen LogP contribution >= 0.6 is 22.6 Å². The molecule has 1 aromatic rings. The molecule has 74 valence electrons. The molecule has 0 bridgehead atoms. The lowest BCUT2D eigenvalue weighted by atomic mass is 9.94.